The number of hydrogen-bond acceptors (Lipinski definition) is 3. The monoisotopic (exact) mass is 150 g/mol. The smallest absolute Gasteiger partial charge is 0.400 e. The molecular weight excluding hydrogens is 146 g/mol. The van der Waals surface area contributed by atoms with E-state index < -0.39 is 6.16 Å². The van der Waals surface area contributed by atoms with E-state index in [0.29, 0.717) is 12.5 Å². The van der Waals surface area contributed by atoms with Crippen molar-refractivity contribution in [2.75, 3.05) is 0 Å². The van der Waals surface area contributed by atoms with Crippen LogP contribution in [0.3, 0.4) is 0 Å². The first-order chi connectivity index (χ1) is 4.81. The second kappa shape index (κ2) is 5.74. The van der Waals surface area contributed by atoms with Gasteiger partial charge in [0.1, 0.15) is 25.2 Å². The SMILES string of the molecule is O=C(O/C=C/F)O/C=C/F. The molecule has 5 heteroatoms. The Hall–Kier alpha value is -1.39. The summed E-state index contributed by atoms with van der Waals surface area (Å²) in [5.41, 5.74) is 0. The zero-order valence-corrected chi connectivity index (χ0v) is 4.79. The topological polar surface area (TPSA) is 35.5 Å². The van der Waals surface area contributed by atoms with Crippen molar-refractivity contribution in [1.82, 2.24) is 0 Å². The molecule has 0 heterocycles. The molecule has 0 aliphatic carbocycles. The van der Waals surface area contributed by atoms with Gasteiger partial charge < -0.3 is 9.47 Å². The van der Waals surface area contributed by atoms with Gasteiger partial charge >= 0.3 is 6.16 Å². The van der Waals surface area contributed by atoms with E-state index >= 15 is 0 Å². The summed E-state index contributed by atoms with van der Waals surface area (Å²) in [5.74, 6) is 0. The van der Waals surface area contributed by atoms with Gasteiger partial charge in [-0.25, -0.2) is 13.6 Å². The summed E-state index contributed by atoms with van der Waals surface area (Å²) in [7, 11) is 0. The van der Waals surface area contributed by atoms with Crippen LogP contribution in [-0.4, -0.2) is 6.16 Å². The molecule has 0 bridgehead atoms. The molecule has 0 aromatic heterocycles. The van der Waals surface area contributed by atoms with Crippen molar-refractivity contribution >= 4 is 6.16 Å². The average Bonchev–Trinajstić information content (AvgIpc) is 1.97. The summed E-state index contributed by atoms with van der Waals surface area (Å²) in [4.78, 5) is 10.1. The van der Waals surface area contributed by atoms with Crippen LogP contribution in [0, 0.1) is 0 Å². The van der Waals surface area contributed by atoms with Gasteiger partial charge in [0.05, 0.1) is 0 Å². The highest BCUT2D eigenvalue weighted by atomic mass is 19.1. The molecule has 0 aromatic carbocycles. The number of ether oxygens (including phenoxy) is 2. The van der Waals surface area contributed by atoms with E-state index in [0.717, 1.165) is 0 Å². The first-order valence-corrected chi connectivity index (χ1v) is 2.19. The highest BCUT2D eigenvalue weighted by Gasteiger charge is 1.95. The summed E-state index contributed by atoms with van der Waals surface area (Å²) in [6.45, 7) is 0. The zero-order chi connectivity index (χ0) is 7.82. The van der Waals surface area contributed by atoms with Gasteiger partial charge in [-0.2, -0.15) is 0 Å². The quantitative estimate of drug-likeness (QED) is 0.446. The van der Waals surface area contributed by atoms with Crippen molar-refractivity contribution in [2.45, 2.75) is 0 Å². The van der Waals surface area contributed by atoms with Crippen molar-refractivity contribution < 1.29 is 23.0 Å². The number of carbonyl (C=O) groups is 1. The lowest BCUT2D eigenvalue weighted by molar-refractivity contribution is 0.118. The molecule has 0 rings (SSSR count). The van der Waals surface area contributed by atoms with Gasteiger partial charge in [0.2, 0.25) is 0 Å². The standard InChI is InChI=1S/C5H4F2O3/c6-1-3-9-5(8)10-4-2-7/h1-4H/b3-1+,4-2+. The number of hydrogen-bond donors (Lipinski definition) is 0. The minimum absolute atomic E-state index is 0.000417. The molecule has 0 saturated carbocycles. The van der Waals surface area contributed by atoms with E-state index in [2.05, 4.69) is 9.47 Å². The summed E-state index contributed by atoms with van der Waals surface area (Å²) >= 11 is 0. The molecule has 3 nitrogen and oxygen atoms in total. The number of rotatable bonds is 2. The highest BCUT2D eigenvalue weighted by molar-refractivity contribution is 5.61. The maximum Gasteiger partial charge on any atom is 0.518 e. The molecule has 0 aliphatic rings. The van der Waals surface area contributed by atoms with Gasteiger partial charge in [0.15, 0.2) is 0 Å². The van der Waals surface area contributed by atoms with Crippen molar-refractivity contribution in [3.8, 4) is 0 Å². The molecule has 0 radical (unpaired) electrons. The molecule has 0 unspecified atom stereocenters. The van der Waals surface area contributed by atoms with Crippen LogP contribution in [0.1, 0.15) is 0 Å². The second-order valence-corrected chi connectivity index (χ2v) is 1.01. The Kier molecular flexibility index (Phi) is 4.94. The predicted octanol–water partition coefficient (Wildman–Crippen LogP) is 2.02. The molecule has 0 N–H and O–H groups in total. The molecule has 0 fully saturated rings. The van der Waals surface area contributed by atoms with Crippen LogP contribution in [0.25, 0.3) is 0 Å². The minimum atomic E-state index is -1.21. The van der Waals surface area contributed by atoms with Crippen LogP contribution < -0.4 is 0 Å². The predicted molar refractivity (Wildman–Crippen MR) is 28.1 cm³/mol. The van der Waals surface area contributed by atoms with Crippen LogP contribution in [0.4, 0.5) is 13.6 Å². The van der Waals surface area contributed by atoms with E-state index in [9.17, 15) is 13.6 Å². The molecule has 0 aromatic rings. The van der Waals surface area contributed by atoms with Gasteiger partial charge in [-0.1, -0.05) is 0 Å². The van der Waals surface area contributed by atoms with Crippen LogP contribution in [0.2, 0.25) is 0 Å². The second-order valence-electron chi connectivity index (χ2n) is 1.01. The maximum absolute atomic E-state index is 11.1. The normalized spacial score (nSPS) is 10.6. The fraction of sp³-hybridized carbons (Fsp3) is 0. The molecule has 0 aliphatic heterocycles. The lowest BCUT2D eigenvalue weighted by Crippen LogP contribution is -1.96. The largest absolute Gasteiger partial charge is 0.518 e. The van der Waals surface area contributed by atoms with Gasteiger partial charge in [-0.05, 0) is 0 Å². The number of halogens is 2. The fourth-order valence-corrected chi connectivity index (χ4v) is 0.190. The third kappa shape index (κ3) is 4.76. The van der Waals surface area contributed by atoms with Crippen LogP contribution >= 0.6 is 0 Å². The van der Waals surface area contributed by atoms with Crippen molar-refractivity contribution in [3.05, 3.63) is 25.2 Å². The Labute approximate surface area is 55.5 Å². The number of carbonyl (C=O) groups excluding carboxylic acids is 1. The fourth-order valence-electron chi connectivity index (χ4n) is 0.190. The molecule has 0 saturated heterocycles. The lowest BCUT2D eigenvalue weighted by atomic mass is 11.0. The molecular formula is C5H4F2O3. The maximum atomic E-state index is 11.1. The third-order valence-electron chi connectivity index (χ3n) is 0.431. The molecule has 10 heavy (non-hydrogen) atoms. The van der Waals surface area contributed by atoms with Gasteiger partial charge in [-0.15, -0.1) is 0 Å². The van der Waals surface area contributed by atoms with Gasteiger partial charge in [0, 0.05) is 0 Å². The Morgan fingerprint density at radius 2 is 1.50 bits per heavy atom. The Morgan fingerprint density at radius 3 is 1.80 bits per heavy atom. The summed E-state index contributed by atoms with van der Waals surface area (Å²) in [5, 5.41) is 0. The van der Waals surface area contributed by atoms with Gasteiger partial charge in [-0.3, -0.25) is 0 Å². The van der Waals surface area contributed by atoms with Crippen molar-refractivity contribution in [1.29, 1.82) is 0 Å². The van der Waals surface area contributed by atoms with E-state index in [1.807, 2.05) is 0 Å². The van der Waals surface area contributed by atoms with E-state index in [-0.39, 0.29) is 12.7 Å². The molecule has 0 spiro atoms. The summed E-state index contributed by atoms with van der Waals surface area (Å²) in [6, 6.07) is 0. The lowest BCUT2D eigenvalue weighted by Gasteiger charge is -1.92. The molecule has 0 atom stereocenters. The zero-order valence-electron chi connectivity index (χ0n) is 4.79. The van der Waals surface area contributed by atoms with Crippen LogP contribution in [0.5, 0.6) is 0 Å². The average molecular weight is 150 g/mol. The Bertz CT molecular complexity index is 137. The van der Waals surface area contributed by atoms with E-state index in [1.54, 1.807) is 0 Å². The minimum Gasteiger partial charge on any atom is -0.400 e. The summed E-state index contributed by atoms with van der Waals surface area (Å²) in [6.07, 6.45) is -0.272. The van der Waals surface area contributed by atoms with Crippen LogP contribution in [-0.2, 0) is 9.47 Å². The third-order valence-corrected chi connectivity index (χ3v) is 0.431. The van der Waals surface area contributed by atoms with Crippen LogP contribution in [0.15, 0.2) is 25.2 Å². The van der Waals surface area contributed by atoms with E-state index in [1.165, 1.54) is 0 Å². The van der Waals surface area contributed by atoms with Crippen molar-refractivity contribution in [2.24, 2.45) is 0 Å². The molecule has 0 amide bonds. The summed E-state index contributed by atoms with van der Waals surface area (Å²) < 4.78 is 29.9. The Balaban J connectivity index is 3.44. The first kappa shape index (κ1) is 8.61. The molecule has 56 valence electrons. The highest BCUT2D eigenvalue weighted by Crippen LogP contribution is 1.87. The Morgan fingerprint density at radius 1 is 1.10 bits per heavy atom. The van der Waals surface area contributed by atoms with Crippen molar-refractivity contribution in [3.63, 3.8) is 0 Å². The van der Waals surface area contributed by atoms with Gasteiger partial charge in [0.25, 0.3) is 0 Å². The van der Waals surface area contributed by atoms with E-state index in [4.69, 9.17) is 0 Å². The first-order valence-electron chi connectivity index (χ1n) is 2.19.